The molecule has 1 heterocycles. The van der Waals surface area contributed by atoms with Crippen LogP contribution in [-0.4, -0.2) is 5.78 Å². The van der Waals surface area contributed by atoms with Gasteiger partial charge in [-0.3, -0.25) is 4.79 Å². The number of ketones is 1. The van der Waals surface area contributed by atoms with Crippen molar-refractivity contribution < 1.29 is 9.21 Å². The molecule has 2 aromatic rings. The van der Waals surface area contributed by atoms with E-state index in [1.807, 2.05) is 25.1 Å². The number of carbonyl (C=O) groups is 1. The molecule has 0 aliphatic carbocycles. The van der Waals surface area contributed by atoms with Crippen molar-refractivity contribution in [2.45, 2.75) is 20.3 Å². The fourth-order valence-corrected chi connectivity index (χ4v) is 1.62. The monoisotopic (exact) mass is 188 g/mol. The third-order valence-electron chi connectivity index (χ3n) is 2.31. The van der Waals surface area contributed by atoms with Gasteiger partial charge in [0.05, 0.1) is 6.26 Å². The first-order valence-electron chi connectivity index (χ1n) is 4.63. The molecule has 0 radical (unpaired) electrons. The molecular weight excluding hydrogens is 176 g/mol. The van der Waals surface area contributed by atoms with Crippen molar-refractivity contribution in [3.05, 3.63) is 35.8 Å². The predicted octanol–water partition coefficient (Wildman–Crippen LogP) is 2.87. The minimum atomic E-state index is 0.186. The molecule has 0 amide bonds. The number of rotatable bonds is 2. The molecule has 0 atom stereocenters. The number of aryl methyl sites for hydroxylation is 1. The number of carbonyl (C=O) groups excluding carboxylic acids is 1. The van der Waals surface area contributed by atoms with E-state index < -0.39 is 0 Å². The zero-order chi connectivity index (χ0) is 10.1. The molecule has 2 rings (SSSR count). The van der Waals surface area contributed by atoms with E-state index in [1.54, 1.807) is 13.2 Å². The standard InChI is InChI=1S/C12H12O2/c1-8(13)5-10-3-4-11-7-14-9(2)12(11)6-10/h3-4,6-7H,5H2,1-2H3. The number of furan rings is 1. The molecule has 0 N–H and O–H groups in total. The van der Waals surface area contributed by atoms with Crippen molar-refractivity contribution in [2.24, 2.45) is 0 Å². The molecule has 0 saturated carbocycles. The van der Waals surface area contributed by atoms with Gasteiger partial charge in [0, 0.05) is 17.2 Å². The number of Topliss-reactive ketones (excluding diaryl/α,β-unsaturated/α-hetero) is 1. The molecule has 1 aromatic carbocycles. The van der Waals surface area contributed by atoms with Crippen molar-refractivity contribution in [3.8, 4) is 0 Å². The van der Waals surface area contributed by atoms with E-state index in [9.17, 15) is 4.79 Å². The number of benzene rings is 1. The van der Waals surface area contributed by atoms with Gasteiger partial charge >= 0.3 is 0 Å². The average molecular weight is 188 g/mol. The highest BCUT2D eigenvalue weighted by Crippen LogP contribution is 2.21. The van der Waals surface area contributed by atoms with E-state index >= 15 is 0 Å². The van der Waals surface area contributed by atoms with Crippen LogP contribution >= 0.6 is 0 Å². The van der Waals surface area contributed by atoms with Crippen molar-refractivity contribution >= 4 is 16.6 Å². The van der Waals surface area contributed by atoms with E-state index in [2.05, 4.69) is 0 Å². The summed E-state index contributed by atoms with van der Waals surface area (Å²) in [6.07, 6.45) is 2.24. The fourth-order valence-electron chi connectivity index (χ4n) is 1.62. The molecule has 2 nitrogen and oxygen atoms in total. The maximum Gasteiger partial charge on any atom is 0.134 e. The molecule has 14 heavy (non-hydrogen) atoms. The van der Waals surface area contributed by atoms with E-state index in [0.717, 1.165) is 22.1 Å². The van der Waals surface area contributed by atoms with Gasteiger partial charge in [0.25, 0.3) is 0 Å². The Morgan fingerprint density at radius 1 is 1.43 bits per heavy atom. The molecule has 0 spiro atoms. The average Bonchev–Trinajstić information content (AvgIpc) is 2.47. The van der Waals surface area contributed by atoms with Crippen LogP contribution in [-0.2, 0) is 11.2 Å². The first-order valence-corrected chi connectivity index (χ1v) is 4.63. The Morgan fingerprint density at radius 2 is 2.21 bits per heavy atom. The quantitative estimate of drug-likeness (QED) is 0.725. The van der Waals surface area contributed by atoms with Gasteiger partial charge in [0.15, 0.2) is 0 Å². The summed E-state index contributed by atoms with van der Waals surface area (Å²) in [6, 6.07) is 5.98. The Morgan fingerprint density at radius 3 is 2.93 bits per heavy atom. The van der Waals surface area contributed by atoms with Gasteiger partial charge in [-0.05, 0) is 25.5 Å². The first-order chi connectivity index (χ1) is 6.66. The van der Waals surface area contributed by atoms with Gasteiger partial charge in [-0.15, -0.1) is 0 Å². The van der Waals surface area contributed by atoms with E-state index in [0.29, 0.717) is 6.42 Å². The molecule has 0 bridgehead atoms. The van der Waals surface area contributed by atoms with Crippen LogP contribution in [0.25, 0.3) is 10.8 Å². The van der Waals surface area contributed by atoms with Crippen LogP contribution in [0.2, 0.25) is 0 Å². The summed E-state index contributed by atoms with van der Waals surface area (Å²) >= 11 is 0. The SMILES string of the molecule is CC(=O)Cc1ccc2coc(C)c2c1. The van der Waals surface area contributed by atoms with Crippen molar-refractivity contribution in [3.63, 3.8) is 0 Å². The largest absolute Gasteiger partial charge is 0.468 e. The van der Waals surface area contributed by atoms with Crippen LogP contribution in [0, 0.1) is 6.92 Å². The summed E-state index contributed by atoms with van der Waals surface area (Å²) < 4.78 is 5.29. The van der Waals surface area contributed by atoms with Crippen LogP contribution in [0.3, 0.4) is 0 Å². The Bertz CT molecular complexity index is 480. The third kappa shape index (κ3) is 1.55. The zero-order valence-corrected chi connectivity index (χ0v) is 8.33. The van der Waals surface area contributed by atoms with Gasteiger partial charge in [-0.2, -0.15) is 0 Å². The van der Waals surface area contributed by atoms with E-state index in [4.69, 9.17) is 4.42 Å². The lowest BCUT2D eigenvalue weighted by molar-refractivity contribution is -0.116. The number of hydrogen-bond acceptors (Lipinski definition) is 2. The highest BCUT2D eigenvalue weighted by molar-refractivity contribution is 5.86. The second-order valence-electron chi connectivity index (χ2n) is 3.59. The maximum atomic E-state index is 10.9. The summed E-state index contributed by atoms with van der Waals surface area (Å²) in [5, 5.41) is 2.19. The topological polar surface area (TPSA) is 30.2 Å². The van der Waals surface area contributed by atoms with Crippen LogP contribution in [0.5, 0.6) is 0 Å². The Labute approximate surface area is 82.5 Å². The van der Waals surface area contributed by atoms with Crippen LogP contribution in [0.4, 0.5) is 0 Å². The van der Waals surface area contributed by atoms with Crippen LogP contribution in [0.15, 0.2) is 28.9 Å². The Kier molecular flexibility index (Phi) is 2.12. The lowest BCUT2D eigenvalue weighted by Crippen LogP contribution is -1.95. The molecule has 0 aliphatic heterocycles. The minimum Gasteiger partial charge on any atom is -0.468 e. The third-order valence-corrected chi connectivity index (χ3v) is 2.31. The van der Waals surface area contributed by atoms with Crippen molar-refractivity contribution in [1.29, 1.82) is 0 Å². The second kappa shape index (κ2) is 3.29. The second-order valence-corrected chi connectivity index (χ2v) is 3.59. The Balaban J connectivity index is 2.49. The zero-order valence-electron chi connectivity index (χ0n) is 8.33. The molecule has 0 fully saturated rings. The van der Waals surface area contributed by atoms with Gasteiger partial charge in [0.1, 0.15) is 11.5 Å². The summed E-state index contributed by atoms with van der Waals surface area (Å²) in [7, 11) is 0. The molecule has 1 aromatic heterocycles. The predicted molar refractivity (Wildman–Crippen MR) is 55.3 cm³/mol. The van der Waals surface area contributed by atoms with Gasteiger partial charge < -0.3 is 4.42 Å². The lowest BCUT2D eigenvalue weighted by atomic mass is 10.1. The van der Waals surface area contributed by atoms with Crippen molar-refractivity contribution in [1.82, 2.24) is 0 Å². The summed E-state index contributed by atoms with van der Waals surface area (Å²) in [5.41, 5.74) is 1.05. The van der Waals surface area contributed by atoms with Gasteiger partial charge in [-0.1, -0.05) is 12.1 Å². The Hall–Kier alpha value is -1.57. The highest BCUT2D eigenvalue weighted by Gasteiger charge is 2.03. The lowest BCUT2D eigenvalue weighted by Gasteiger charge is -1.97. The maximum absolute atomic E-state index is 10.9. The smallest absolute Gasteiger partial charge is 0.134 e. The minimum absolute atomic E-state index is 0.186. The molecule has 2 heteroatoms. The van der Waals surface area contributed by atoms with E-state index in [1.165, 1.54) is 0 Å². The molecule has 0 saturated heterocycles. The van der Waals surface area contributed by atoms with Crippen molar-refractivity contribution in [2.75, 3.05) is 0 Å². The molecule has 72 valence electrons. The normalized spacial score (nSPS) is 10.7. The van der Waals surface area contributed by atoms with Crippen LogP contribution < -0.4 is 0 Å². The first kappa shape index (κ1) is 9.00. The summed E-state index contributed by atoms with van der Waals surface area (Å²) in [6.45, 7) is 3.53. The fraction of sp³-hybridized carbons (Fsp3) is 0.250. The van der Waals surface area contributed by atoms with E-state index in [-0.39, 0.29) is 5.78 Å². The highest BCUT2D eigenvalue weighted by atomic mass is 16.3. The number of fused-ring (bicyclic) bond motifs is 1. The molecular formula is C12H12O2. The molecule has 0 unspecified atom stereocenters. The van der Waals surface area contributed by atoms with Gasteiger partial charge in [0.2, 0.25) is 0 Å². The van der Waals surface area contributed by atoms with Crippen LogP contribution in [0.1, 0.15) is 18.2 Å². The summed E-state index contributed by atoms with van der Waals surface area (Å²) in [5.74, 6) is 1.09. The number of hydrogen-bond donors (Lipinski definition) is 0. The summed E-state index contributed by atoms with van der Waals surface area (Å²) in [4.78, 5) is 10.9. The van der Waals surface area contributed by atoms with Gasteiger partial charge in [-0.25, -0.2) is 0 Å². The molecule has 0 aliphatic rings.